The van der Waals surface area contributed by atoms with Gasteiger partial charge in [0.15, 0.2) is 0 Å². The number of hydrogen-bond acceptors (Lipinski definition) is 0. The molecule has 0 N–H and O–H groups in total. The summed E-state index contributed by atoms with van der Waals surface area (Å²) in [6.07, 6.45) is 6.05. The summed E-state index contributed by atoms with van der Waals surface area (Å²) < 4.78 is 4.00. The van der Waals surface area contributed by atoms with Crippen LogP contribution in [0.15, 0.2) is 70.1 Å². The van der Waals surface area contributed by atoms with Gasteiger partial charge < -0.3 is 0 Å². The Bertz CT molecular complexity index is 1610. The first-order chi connectivity index (χ1) is 20.2. The van der Waals surface area contributed by atoms with Gasteiger partial charge in [-0.3, -0.25) is 0 Å². The second kappa shape index (κ2) is 11.3. The molecule has 0 atom stereocenters. The molecule has 0 amide bonds. The second-order valence-electron chi connectivity index (χ2n) is 17.7. The molecule has 0 unspecified atom stereocenters. The van der Waals surface area contributed by atoms with Crippen molar-refractivity contribution in [2.45, 2.75) is 129 Å². The second-order valence-corrected chi connectivity index (χ2v) is 28.6. The van der Waals surface area contributed by atoms with Crippen LogP contribution in [0.5, 0.6) is 0 Å². The van der Waals surface area contributed by atoms with E-state index in [4.69, 9.17) is 0 Å². The number of fused-ring (bicyclic) bond motifs is 3. The molecule has 5 rings (SSSR count). The van der Waals surface area contributed by atoms with E-state index in [1.54, 1.807) is 17.7 Å². The van der Waals surface area contributed by atoms with Crippen molar-refractivity contribution in [3.05, 3.63) is 109 Å². The fourth-order valence-electron chi connectivity index (χ4n) is 6.95. The van der Waals surface area contributed by atoms with Crippen LogP contribution < -0.4 is 0 Å². The summed E-state index contributed by atoms with van der Waals surface area (Å²) in [6, 6.07) is 22.4. The van der Waals surface area contributed by atoms with Crippen LogP contribution in [0.25, 0.3) is 16.7 Å². The summed E-state index contributed by atoms with van der Waals surface area (Å²) in [6.45, 7) is 33.2. The standard InChI is InChI=1S/C21H25.C19H25.C3H6.Hf/c1-20(2,3)16-7-9-18-14(12-16)11-15-13-17(21(4,5)6)8-10-19(15)18;1-18(2,3)16-11-15(14-9-7-8-10-14)12-17(13-16)19(4,5)6;1-3-2;/h7-13H,1-6H3;7,9,11-13H,8H2,1-6H3;1-2H3;. The minimum atomic E-state index is -2.69. The van der Waals surface area contributed by atoms with Crippen LogP contribution in [0.2, 0.25) is 0 Å². The van der Waals surface area contributed by atoms with Gasteiger partial charge in [-0.2, -0.15) is 0 Å². The average Bonchev–Trinajstić information content (AvgIpc) is 3.49. The van der Waals surface area contributed by atoms with Crippen LogP contribution in [-0.4, -0.2) is 3.26 Å². The molecular formula is C43H56Hf. The fraction of sp³-hybridized carbons (Fsp3) is 0.465. The zero-order valence-corrected chi connectivity index (χ0v) is 33.7. The number of rotatable bonds is 3. The minimum absolute atomic E-state index is 0.102. The molecule has 1 heteroatoms. The molecule has 0 bridgehead atoms. The molecular weight excluding hydrogens is 695 g/mol. The molecule has 232 valence electrons. The van der Waals surface area contributed by atoms with Gasteiger partial charge in [-0.05, 0) is 0 Å². The molecule has 2 aliphatic carbocycles. The van der Waals surface area contributed by atoms with Gasteiger partial charge in [0.2, 0.25) is 0 Å². The summed E-state index contributed by atoms with van der Waals surface area (Å²) in [5.74, 6) is 0. The SMILES string of the molecule is C[C](C)=[Hf]([C]1=C(c2cc(C(C)(C)C)cc(C(C)(C)C)c2)C=CC1)[CH]1c2cc(C(C)(C)C)ccc2-c2ccc(C(C)(C)C)cc21. The fourth-order valence-corrected chi connectivity index (χ4v) is 19.5. The first kappa shape index (κ1) is 33.2. The Morgan fingerprint density at radius 2 is 1.00 bits per heavy atom. The van der Waals surface area contributed by atoms with E-state index in [1.165, 1.54) is 44.5 Å². The maximum absolute atomic E-state index is 2.69. The van der Waals surface area contributed by atoms with Crippen LogP contribution in [0.3, 0.4) is 0 Å². The van der Waals surface area contributed by atoms with Gasteiger partial charge in [-0.1, -0.05) is 0 Å². The van der Waals surface area contributed by atoms with Gasteiger partial charge >= 0.3 is 279 Å². The first-order valence-electron chi connectivity index (χ1n) is 16.7. The van der Waals surface area contributed by atoms with Gasteiger partial charge in [0.1, 0.15) is 0 Å². The molecule has 44 heavy (non-hydrogen) atoms. The van der Waals surface area contributed by atoms with Crippen molar-refractivity contribution in [3.63, 3.8) is 0 Å². The Hall–Kier alpha value is -2.12. The zero-order valence-electron chi connectivity index (χ0n) is 30.1. The molecule has 0 aromatic heterocycles. The van der Waals surface area contributed by atoms with E-state index in [0.717, 1.165) is 6.42 Å². The van der Waals surface area contributed by atoms with Crippen molar-refractivity contribution in [2.24, 2.45) is 0 Å². The van der Waals surface area contributed by atoms with E-state index in [2.05, 4.69) is 164 Å². The van der Waals surface area contributed by atoms with E-state index >= 15 is 0 Å². The molecule has 2 aliphatic rings. The van der Waals surface area contributed by atoms with E-state index in [1.807, 2.05) is 0 Å². The summed E-state index contributed by atoms with van der Waals surface area (Å²) in [4.78, 5) is 0. The predicted molar refractivity (Wildman–Crippen MR) is 192 cm³/mol. The Kier molecular flexibility index (Phi) is 8.53. The third kappa shape index (κ3) is 6.29. The number of hydrogen-bond donors (Lipinski definition) is 0. The third-order valence-electron chi connectivity index (χ3n) is 9.81. The Balaban J connectivity index is 1.80. The van der Waals surface area contributed by atoms with Gasteiger partial charge in [-0.25, -0.2) is 0 Å². The molecule has 0 heterocycles. The number of benzene rings is 3. The molecule has 3 aromatic rings. The zero-order chi connectivity index (χ0) is 32.6. The van der Waals surface area contributed by atoms with Crippen molar-refractivity contribution in [1.82, 2.24) is 0 Å². The van der Waals surface area contributed by atoms with Crippen molar-refractivity contribution in [2.75, 3.05) is 0 Å². The van der Waals surface area contributed by atoms with Crippen molar-refractivity contribution < 1.29 is 21.0 Å². The van der Waals surface area contributed by atoms with Crippen molar-refractivity contribution in [1.29, 1.82) is 0 Å². The Morgan fingerprint density at radius 3 is 1.39 bits per heavy atom. The first-order valence-corrected chi connectivity index (χ1v) is 22.4. The van der Waals surface area contributed by atoms with Crippen molar-refractivity contribution in [3.8, 4) is 11.1 Å². The average molecular weight is 751 g/mol. The van der Waals surface area contributed by atoms with E-state index < -0.39 is 21.0 Å². The van der Waals surface area contributed by atoms with Crippen LogP contribution in [0.4, 0.5) is 0 Å². The third-order valence-corrected chi connectivity index (χ3v) is 22.0. The molecule has 0 aliphatic heterocycles. The van der Waals surface area contributed by atoms with Gasteiger partial charge in [0.05, 0.1) is 0 Å². The number of allylic oxidation sites excluding steroid dienone is 4. The topological polar surface area (TPSA) is 0 Å². The maximum atomic E-state index is 2.60. The molecule has 3 aromatic carbocycles. The van der Waals surface area contributed by atoms with Crippen molar-refractivity contribution >= 4 is 8.83 Å². The van der Waals surface area contributed by atoms with Gasteiger partial charge in [-0.15, -0.1) is 0 Å². The summed E-state index contributed by atoms with van der Waals surface area (Å²) >= 11 is -2.69. The van der Waals surface area contributed by atoms with E-state index in [9.17, 15) is 0 Å². The normalized spacial score (nSPS) is 15.6. The predicted octanol–water partition coefficient (Wildman–Crippen LogP) is 12.1. The molecule has 0 radical (unpaired) electrons. The Morgan fingerprint density at radius 1 is 0.568 bits per heavy atom. The van der Waals surface area contributed by atoms with Crippen LogP contribution in [0.1, 0.15) is 146 Å². The quantitative estimate of drug-likeness (QED) is 0.234. The van der Waals surface area contributed by atoms with E-state index in [0.29, 0.717) is 3.67 Å². The molecule has 0 saturated heterocycles. The van der Waals surface area contributed by atoms with Gasteiger partial charge in [0, 0.05) is 0 Å². The van der Waals surface area contributed by atoms with E-state index in [-0.39, 0.29) is 21.7 Å². The van der Waals surface area contributed by atoms with Gasteiger partial charge in [0.25, 0.3) is 0 Å². The molecule has 0 saturated carbocycles. The molecule has 0 spiro atoms. The summed E-state index contributed by atoms with van der Waals surface area (Å²) in [7, 11) is 0. The summed E-state index contributed by atoms with van der Waals surface area (Å²) in [5.41, 5.74) is 15.3. The summed E-state index contributed by atoms with van der Waals surface area (Å²) in [5, 5.41) is 0. The monoisotopic (exact) mass is 752 g/mol. The van der Waals surface area contributed by atoms with Crippen LogP contribution in [0, 0.1) is 0 Å². The van der Waals surface area contributed by atoms with Crippen LogP contribution >= 0.6 is 0 Å². The Labute approximate surface area is 277 Å². The molecule has 0 nitrogen and oxygen atoms in total. The molecule has 0 fully saturated rings. The van der Waals surface area contributed by atoms with Crippen LogP contribution in [-0.2, 0) is 42.6 Å².